The number of nitrogens with zero attached hydrogens (tertiary/aromatic N) is 3. The van der Waals surface area contributed by atoms with Crippen LogP contribution in [0.4, 0.5) is 5.82 Å². The topological polar surface area (TPSA) is 106 Å². The molecule has 0 spiro atoms. The number of rotatable bonds is 4. The van der Waals surface area contributed by atoms with E-state index in [0.717, 1.165) is 4.80 Å². The zero-order chi connectivity index (χ0) is 12.3. The summed E-state index contributed by atoms with van der Waals surface area (Å²) in [5.74, 6) is -1.13. The average molecular weight is 240 g/mol. The van der Waals surface area contributed by atoms with Crippen LogP contribution in [0.15, 0.2) is 6.20 Å². The lowest BCUT2D eigenvalue weighted by molar-refractivity contribution is -0.138. The maximum atomic E-state index is 11.7. The third kappa shape index (κ3) is 3.00. The molecule has 1 aromatic heterocycles. The van der Waals surface area contributed by atoms with Crippen LogP contribution in [0.2, 0.25) is 0 Å². The number of hydrogen-bond donors (Lipinski definition) is 2. The number of hydrogen-bond acceptors (Lipinski definition) is 5. The molecule has 8 heteroatoms. The van der Waals surface area contributed by atoms with E-state index in [1.165, 1.54) is 6.20 Å². The van der Waals surface area contributed by atoms with Crippen molar-refractivity contribution in [3.63, 3.8) is 0 Å². The van der Waals surface area contributed by atoms with Crippen LogP contribution in [0.25, 0.3) is 0 Å². The first-order valence-corrected chi connectivity index (χ1v) is 5.15. The van der Waals surface area contributed by atoms with Gasteiger partial charge in [-0.05, 0) is 6.42 Å². The van der Waals surface area contributed by atoms with Gasteiger partial charge in [0.05, 0.1) is 18.7 Å². The largest absolute Gasteiger partial charge is 0.480 e. The van der Waals surface area contributed by atoms with E-state index in [1.807, 2.05) is 0 Å². The van der Waals surface area contributed by atoms with Crippen LogP contribution >= 0.6 is 0 Å². The van der Waals surface area contributed by atoms with E-state index in [4.69, 9.17) is 9.84 Å². The Bertz CT molecular complexity index is 424. The third-order valence-electron chi connectivity index (χ3n) is 2.36. The van der Waals surface area contributed by atoms with E-state index in [0.29, 0.717) is 19.6 Å². The standard InChI is InChI=1S/C9H12N4O4/c14-8(15)4-13-10-3-7(12-13)11-9(16)6-1-2-17-5-6/h3,6H,1-2,4-5H2,(H,14,15)(H,11,12,16). The highest BCUT2D eigenvalue weighted by molar-refractivity contribution is 5.91. The second kappa shape index (κ2) is 4.91. The van der Waals surface area contributed by atoms with Crippen molar-refractivity contribution >= 4 is 17.7 Å². The van der Waals surface area contributed by atoms with Crippen LogP contribution in [-0.4, -0.2) is 45.2 Å². The molecule has 1 aliphatic heterocycles. The zero-order valence-corrected chi connectivity index (χ0v) is 9.00. The second-order valence-electron chi connectivity index (χ2n) is 3.70. The third-order valence-corrected chi connectivity index (χ3v) is 2.36. The Morgan fingerprint density at radius 3 is 3.12 bits per heavy atom. The molecule has 0 saturated carbocycles. The van der Waals surface area contributed by atoms with Gasteiger partial charge in [-0.3, -0.25) is 9.59 Å². The van der Waals surface area contributed by atoms with Crippen LogP contribution in [-0.2, 0) is 20.9 Å². The fraction of sp³-hybridized carbons (Fsp3) is 0.556. The molecule has 92 valence electrons. The van der Waals surface area contributed by atoms with Crippen molar-refractivity contribution in [2.75, 3.05) is 18.5 Å². The summed E-state index contributed by atoms with van der Waals surface area (Å²) in [5, 5.41) is 18.6. The molecule has 0 aromatic carbocycles. The lowest BCUT2D eigenvalue weighted by Crippen LogP contribution is -2.23. The lowest BCUT2D eigenvalue weighted by atomic mass is 10.1. The Balaban J connectivity index is 1.91. The first kappa shape index (κ1) is 11.5. The minimum Gasteiger partial charge on any atom is -0.480 e. The number of carboxylic acid groups (broad SMARTS) is 1. The smallest absolute Gasteiger partial charge is 0.327 e. The van der Waals surface area contributed by atoms with E-state index in [9.17, 15) is 9.59 Å². The predicted octanol–water partition coefficient (Wildman–Crippen LogP) is -0.662. The molecule has 1 aliphatic rings. The molecule has 2 heterocycles. The van der Waals surface area contributed by atoms with Gasteiger partial charge in [0.25, 0.3) is 0 Å². The molecular weight excluding hydrogens is 228 g/mol. The fourth-order valence-corrected chi connectivity index (χ4v) is 1.52. The van der Waals surface area contributed by atoms with Crippen LogP contribution in [0, 0.1) is 5.92 Å². The molecule has 2 N–H and O–H groups in total. The van der Waals surface area contributed by atoms with Gasteiger partial charge >= 0.3 is 5.97 Å². The fourth-order valence-electron chi connectivity index (χ4n) is 1.52. The average Bonchev–Trinajstić information content (AvgIpc) is 2.87. The second-order valence-corrected chi connectivity index (χ2v) is 3.70. The predicted molar refractivity (Wildman–Crippen MR) is 55.2 cm³/mol. The van der Waals surface area contributed by atoms with Crippen LogP contribution in [0.1, 0.15) is 6.42 Å². The van der Waals surface area contributed by atoms with E-state index in [-0.39, 0.29) is 24.2 Å². The molecule has 17 heavy (non-hydrogen) atoms. The van der Waals surface area contributed by atoms with E-state index >= 15 is 0 Å². The monoisotopic (exact) mass is 240 g/mol. The summed E-state index contributed by atoms with van der Waals surface area (Å²) in [7, 11) is 0. The van der Waals surface area contributed by atoms with Crippen molar-refractivity contribution in [2.45, 2.75) is 13.0 Å². The molecule has 8 nitrogen and oxygen atoms in total. The quantitative estimate of drug-likeness (QED) is 0.723. The van der Waals surface area contributed by atoms with E-state index < -0.39 is 5.97 Å². The number of carboxylic acids is 1. The SMILES string of the molecule is O=C(O)Cn1ncc(NC(=O)C2CCOC2)n1. The molecule has 1 atom stereocenters. The lowest BCUT2D eigenvalue weighted by Gasteiger charge is -2.05. The van der Waals surface area contributed by atoms with Crippen molar-refractivity contribution in [2.24, 2.45) is 5.92 Å². The highest BCUT2D eigenvalue weighted by Crippen LogP contribution is 2.14. The number of aromatic nitrogens is 3. The number of carbonyl (C=O) groups excluding carboxylic acids is 1. The van der Waals surface area contributed by atoms with E-state index in [1.54, 1.807) is 0 Å². The van der Waals surface area contributed by atoms with Crippen molar-refractivity contribution in [1.29, 1.82) is 0 Å². The molecule has 1 unspecified atom stereocenters. The minimum atomic E-state index is -1.04. The van der Waals surface area contributed by atoms with Crippen LogP contribution in [0.5, 0.6) is 0 Å². The molecular formula is C9H12N4O4. The first-order valence-electron chi connectivity index (χ1n) is 5.15. The van der Waals surface area contributed by atoms with Crippen LogP contribution < -0.4 is 5.32 Å². The van der Waals surface area contributed by atoms with Crippen molar-refractivity contribution in [1.82, 2.24) is 15.0 Å². The normalized spacial score (nSPS) is 19.2. The summed E-state index contributed by atoms with van der Waals surface area (Å²) in [4.78, 5) is 23.1. The maximum Gasteiger partial charge on any atom is 0.327 e. The van der Waals surface area contributed by atoms with Crippen molar-refractivity contribution in [3.05, 3.63) is 6.20 Å². The zero-order valence-electron chi connectivity index (χ0n) is 9.00. The summed E-state index contributed by atoms with van der Waals surface area (Å²) in [6, 6.07) is 0. The Morgan fingerprint density at radius 1 is 1.65 bits per heavy atom. The van der Waals surface area contributed by atoms with Crippen molar-refractivity contribution < 1.29 is 19.4 Å². The molecule has 1 fully saturated rings. The molecule has 0 bridgehead atoms. The number of anilines is 1. The van der Waals surface area contributed by atoms with Crippen LogP contribution in [0.3, 0.4) is 0 Å². The molecule has 1 amide bonds. The Morgan fingerprint density at radius 2 is 2.47 bits per heavy atom. The number of nitrogens with one attached hydrogen (secondary N) is 1. The molecule has 0 radical (unpaired) electrons. The number of ether oxygens (including phenoxy) is 1. The minimum absolute atomic E-state index is 0.167. The van der Waals surface area contributed by atoms with Crippen molar-refractivity contribution in [3.8, 4) is 0 Å². The van der Waals surface area contributed by atoms with Gasteiger partial charge in [0, 0.05) is 6.61 Å². The van der Waals surface area contributed by atoms with Gasteiger partial charge in [0.2, 0.25) is 5.91 Å². The van der Waals surface area contributed by atoms with Gasteiger partial charge < -0.3 is 15.2 Å². The van der Waals surface area contributed by atoms with Gasteiger partial charge in [-0.15, -0.1) is 5.10 Å². The van der Waals surface area contributed by atoms with E-state index in [2.05, 4.69) is 15.5 Å². The van der Waals surface area contributed by atoms with Gasteiger partial charge in [0.1, 0.15) is 0 Å². The van der Waals surface area contributed by atoms with Gasteiger partial charge in [-0.25, -0.2) is 0 Å². The highest BCUT2D eigenvalue weighted by Gasteiger charge is 2.24. The summed E-state index contributed by atoms with van der Waals surface area (Å²) in [6.45, 7) is 0.668. The Hall–Kier alpha value is -1.96. The summed E-state index contributed by atoms with van der Waals surface area (Å²) < 4.78 is 5.09. The molecule has 1 saturated heterocycles. The molecule has 2 rings (SSSR count). The summed E-state index contributed by atoms with van der Waals surface area (Å²) in [6.07, 6.45) is 2.01. The summed E-state index contributed by atoms with van der Waals surface area (Å²) >= 11 is 0. The van der Waals surface area contributed by atoms with Gasteiger partial charge in [-0.2, -0.15) is 9.90 Å². The molecule has 0 aliphatic carbocycles. The highest BCUT2D eigenvalue weighted by atomic mass is 16.5. The maximum absolute atomic E-state index is 11.7. The Kier molecular flexibility index (Phi) is 3.33. The molecule has 1 aromatic rings. The number of aliphatic carboxylic acids is 1. The number of carbonyl (C=O) groups is 2. The van der Waals surface area contributed by atoms with Gasteiger partial charge in [0.15, 0.2) is 12.4 Å². The van der Waals surface area contributed by atoms with Gasteiger partial charge in [-0.1, -0.05) is 0 Å². The number of amides is 1. The first-order chi connectivity index (χ1) is 8.15. The Labute approximate surface area is 96.6 Å². The summed E-state index contributed by atoms with van der Waals surface area (Å²) in [5.41, 5.74) is 0.